The number of morpholine rings is 1. The van der Waals surface area contributed by atoms with Crippen molar-refractivity contribution < 1.29 is 9.47 Å². The molecule has 0 spiro atoms. The number of fused-ring (bicyclic) bond motifs is 1. The van der Waals surface area contributed by atoms with Gasteiger partial charge in [0.2, 0.25) is 0 Å². The van der Waals surface area contributed by atoms with Gasteiger partial charge in [0.05, 0.1) is 26.4 Å². The maximum atomic E-state index is 5.50. The zero-order valence-electron chi connectivity index (χ0n) is 11.7. The summed E-state index contributed by atoms with van der Waals surface area (Å²) in [5.74, 6) is 1.84. The summed E-state index contributed by atoms with van der Waals surface area (Å²) in [6.45, 7) is 5.56. The van der Waals surface area contributed by atoms with E-state index in [1.165, 1.54) is 0 Å². The number of hydrogen-bond acceptors (Lipinski definition) is 7. The number of ether oxygens (including phenoxy) is 2. The van der Waals surface area contributed by atoms with Crippen LogP contribution in [0.25, 0.3) is 11.5 Å². The molecule has 0 N–H and O–H groups in total. The van der Waals surface area contributed by atoms with Gasteiger partial charge in [-0.05, 0) is 0 Å². The highest BCUT2D eigenvalue weighted by Crippen LogP contribution is 2.27. The molecule has 0 unspecified atom stereocenters. The van der Waals surface area contributed by atoms with E-state index in [2.05, 4.69) is 25.0 Å². The summed E-state index contributed by atoms with van der Waals surface area (Å²) in [4.78, 5) is 7.00. The Morgan fingerprint density at radius 1 is 1.00 bits per heavy atom. The molecule has 1 saturated heterocycles. The first-order valence-corrected chi connectivity index (χ1v) is 8.08. The van der Waals surface area contributed by atoms with Crippen LogP contribution < -0.4 is 4.90 Å². The minimum Gasteiger partial charge on any atom is -0.379 e. The van der Waals surface area contributed by atoms with Crippen molar-refractivity contribution in [3.63, 3.8) is 0 Å². The first-order valence-electron chi connectivity index (χ1n) is 7.20. The minimum absolute atomic E-state index is 0.707. The minimum atomic E-state index is 0.707. The Bertz CT molecular complexity index is 620. The van der Waals surface area contributed by atoms with Crippen LogP contribution in [0.15, 0.2) is 5.38 Å². The summed E-state index contributed by atoms with van der Waals surface area (Å²) in [7, 11) is 0. The van der Waals surface area contributed by atoms with Gasteiger partial charge in [-0.3, -0.25) is 0 Å². The highest BCUT2D eigenvalue weighted by molar-refractivity contribution is 7.14. The number of anilines is 1. The average molecular weight is 307 g/mol. The van der Waals surface area contributed by atoms with Crippen molar-refractivity contribution in [3.8, 4) is 11.5 Å². The van der Waals surface area contributed by atoms with Crippen LogP contribution in [0.1, 0.15) is 5.82 Å². The van der Waals surface area contributed by atoms with Crippen LogP contribution in [0.2, 0.25) is 0 Å². The molecular weight excluding hydrogens is 290 g/mol. The fraction of sp³-hybridized carbons (Fsp3) is 0.615. The molecule has 8 heteroatoms. The average Bonchev–Trinajstić information content (AvgIpc) is 3.10. The Morgan fingerprint density at radius 2 is 1.81 bits per heavy atom. The predicted octanol–water partition coefficient (Wildman–Crippen LogP) is 0.811. The van der Waals surface area contributed by atoms with Gasteiger partial charge in [0.1, 0.15) is 11.5 Å². The van der Waals surface area contributed by atoms with Gasteiger partial charge in [-0.2, -0.15) is 0 Å². The molecule has 0 radical (unpaired) electrons. The molecule has 1 fully saturated rings. The van der Waals surface area contributed by atoms with Crippen LogP contribution in [0.3, 0.4) is 0 Å². The van der Waals surface area contributed by atoms with Crippen LogP contribution in [0.4, 0.5) is 5.13 Å². The summed E-state index contributed by atoms with van der Waals surface area (Å²) < 4.78 is 13.0. The highest BCUT2D eigenvalue weighted by Gasteiger charge is 2.20. The van der Waals surface area contributed by atoms with Crippen LogP contribution in [0.5, 0.6) is 0 Å². The summed E-state index contributed by atoms with van der Waals surface area (Å²) in [5.41, 5.74) is 0.905. The largest absolute Gasteiger partial charge is 0.379 e. The molecule has 2 aliphatic rings. The zero-order valence-corrected chi connectivity index (χ0v) is 12.5. The third-order valence-corrected chi connectivity index (χ3v) is 4.66. The standard InChI is InChI=1S/C13H17N5O2S/c1-5-19-8-4-18-11(1)15-16-12(18)10-9-21-13(14-10)17-2-6-20-7-3-17/h9H,1-8H2. The van der Waals surface area contributed by atoms with E-state index >= 15 is 0 Å². The van der Waals surface area contributed by atoms with Crippen molar-refractivity contribution in [1.82, 2.24) is 19.7 Å². The zero-order chi connectivity index (χ0) is 14.1. The van der Waals surface area contributed by atoms with Gasteiger partial charge in [0, 0.05) is 31.4 Å². The molecule has 21 heavy (non-hydrogen) atoms. The second-order valence-corrected chi connectivity index (χ2v) is 5.91. The lowest BCUT2D eigenvalue weighted by atomic mass is 10.4. The van der Waals surface area contributed by atoms with E-state index in [-0.39, 0.29) is 0 Å². The van der Waals surface area contributed by atoms with Gasteiger partial charge < -0.3 is 18.9 Å². The molecule has 2 aromatic heterocycles. The van der Waals surface area contributed by atoms with Crippen molar-refractivity contribution in [1.29, 1.82) is 0 Å². The monoisotopic (exact) mass is 307 g/mol. The molecule has 0 aliphatic carbocycles. The molecule has 0 saturated carbocycles. The van der Waals surface area contributed by atoms with E-state index in [1.54, 1.807) is 11.3 Å². The first kappa shape index (κ1) is 13.2. The second-order valence-electron chi connectivity index (χ2n) is 5.07. The van der Waals surface area contributed by atoms with Crippen LogP contribution in [-0.4, -0.2) is 59.3 Å². The molecule has 7 nitrogen and oxygen atoms in total. The second kappa shape index (κ2) is 5.70. The van der Waals surface area contributed by atoms with Gasteiger partial charge in [-0.1, -0.05) is 0 Å². The number of rotatable bonds is 2. The number of nitrogens with zero attached hydrogens (tertiary/aromatic N) is 5. The van der Waals surface area contributed by atoms with Crippen LogP contribution >= 0.6 is 11.3 Å². The third kappa shape index (κ3) is 2.54. The number of thiazole rings is 1. The summed E-state index contributed by atoms with van der Waals surface area (Å²) in [6, 6.07) is 0. The van der Waals surface area contributed by atoms with Crippen molar-refractivity contribution in [2.75, 3.05) is 44.4 Å². The summed E-state index contributed by atoms with van der Waals surface area (Å²) in [6.07, 6.45) is 0.813. The number of hydrogen-bond donors (Lipinski definition) is 0. The molecule has 0 atom stereocenters. The van der Waals surface area contributed by atoms with E-state index in [9.17, 15) is 0 Å². The Hall–Kier alpha value is -1.51. The fourth-order valence-electron chi connectivity index (χ4n) is 2.63. The Labute approximate surface area is 126 Å². The molecule has 0 bridgehead atoms. The predicted molar refractivity (Wildman–Crippen MR) is 78.7 cm³/mol. The maximum Gasteiger partial charge on any atom is 0.186 e. The quantitative estimate of drug-likeness (QED) is 0.818. The van der Waals surface area contributed by atoms with Crippen molar-refractivity contribution in [2.24, 2.45) is 0 Å². The topological polar surface area (TPSA) is 65.3 Å². The Balaban J connectivity index is 1.62. The first-order chi connectivity index (χ1) is 10.4. The third-order valence-electron chi connectivity index (χ3n) is 3.76. The highest BCUT2D eigenvalue weighted by atomic mass is 32.1. The summed E-state index contributed by atoms with van der Waals surface area (Å²) in [5, 5.41) is 11.7. The smallest absolute Gasteiger partial charge is 0.186 e. The van der Waals surface area contributed by atoms with Gasteiger partial charge in [0.25, 0.3) is 0 Å². The molecule has 0 amide bonds. The van der Waals surface area contributed by atoms with Crippen LogP contribution in [-0.2, 0) is 22.4 Å². The van der Waals surface area contributed by atoms with Gasteiger partial charge in [0.15, 0.2) is 11.0 Å². The van der Waals surface area contributed by atoms with Gasteiger partial charge >= 0.3 is 0 Å². The molecule has 4 rings (SSSR count). The Kier molecular flexibility index (Phi) is 3.58. The molecular formula is C13H17N5O2S. The van der Waals surface area contributed by atoms with E-state index in [0.717, 1.165) is 61.7 Å². The lowest BCUT2D eigenvalue weighted by Gasteiger charge is -2.25. The molecule has 4 heterocycles. The van der Waals surface area contributed by atoms with E-state index in [0.29, 0.717) is 13.2 Å². The van der Waals surface area contributed by atoms with Crippen molar-refractivity contribution in [3.05, 3.63) is 11.2 Å². The van der Waals surface area contributed by atoms with Crippen molar-refractivity contribution in [2.45, 2.75) is 13.0 Å². The molecule has 112 valence electrons. The SMILES string of the molecule is c1sc(N2CCOCC2)nc1-c1nnc2n1CCOCC2. The maximum absolute atomic E-state index is 5.50. The normalized spacial score (nSPS) is 19.3. The van der Waals surface area contributed by atoms with E-state index in [4.69, 9.17) is 14.5 Å². The van der Waals surface area contributed by atoms with E-state index in [1.807, 2.05) is 0 Å². The van der Waals surface area contributed by atoms with E-state index < -0.39 is 0 Å². The molecule has 2 aliphatic heterocycles. The Morgan fingerprint density at radius 3 is 2.71 bits per heavy atom. The van der Waals surface area contributed by atoms with Gasteiger partial charge in [-0.15, -0.1) is 21.5 Å². The fourth-order valence-corrected chi connectivity index (χ4v) is 3.49. The van der Waals surface area contributed by atoms with Crippen molar-refractivity contribution >= 4 is 16.5 Å². The number of aromatic nitrogens is 4. The summed E-state index contributed by atoms with van der Waals surface area (Å²) >= 11 is 1.66. The van der Waals surface area contributed by atoms with Gasteiger partial charge in [-0.25, -0.2) is 4.98 Å². The lowest BCUT2D eigenvalue weighted by Crippen LogP contribution is -2.36. The molecule has 2 aromatic rings. The van der Waals surface area contributed by atoms with Crippen LogP contribution in [0, 0.1) is 0 Å². The lowest BCUT2D eigenvalue weighted by molar-refractivity contribution is 0.122. The molecule has 0 aromatic carbocycles.